The number of nitrogens with one attached hydrogen (secondary N) is 1. The largest absolute Gasteiger partial charge is 0.319 e. The summed E-state index contributed by atoms with van der Waals surface area (Å²) in [5, 5.41) is 14.4. The molecule has 1 amide bonds. The lowest BCUT2D eigenvalue weighted by Crippen LogP contribution is -2.24. The Morgan fingerprint density at radius 3 is 2.27 bits per heavy atom. The first-order chi connectivity index (χ1) is 19.2. The maximum Gasteiger partial charge on any atom is 0.293 e. The minimum atomic E-state index is -0.868. The molecule has 0 bridgehead atoms. The van der Waals surface area contributed by atoms with Crippen molar-refractivity contribution >= 4 is 39.9 Å². The first-order valence-corrected chi connectivity index (χ1v) is 13.5. The van der Waals surface area contributed by atoms with Crippen molar-refractivity contribution in [3.8, 4) is 5.69 Å². The van der Waals surface area contributed by atoms with Crippen molar-refractivity contribution in [3.63, 3.8) is 0 Å². The molecule has 0 aliphatic carbocycles. The zero-order valence-electron chi connectivity index (χ0n) is 22.1. The summed E-state index contributed by atoms with van der Waals surface area (Å²) in [7, 11) is 0. The number of amides is 1. The van der Waals surface area contributed by atoms with E-state index in [1.54, 1.807) is 43.3 Å². The van der Waals surface area contributed by atoms with Crippen molar-refractivity contribution in [1.82, 2.24) is 9.55 Å². The van der Waals surface area contributed by atoms with E-state index in [0.29, 0.717) is 32.9 Å². The van der Waals surface area contributed by atoms with Gasteiger partial charge < -0.3 is 5.32 Å². The second-order valence-corrected chi connectivity index (χ2v) is 10.6. The van der Waals surface area contributed by atoms with E-state index in [4.69, 9.17) is 4.98 Å². The number of carbonyl (C=O) groups is 1. The molecule has 4 aromatic carbocycles. The van der Waals surface area contributed by atoms with E-state index in [1.807, 2.05) is 56.3 Å². The van der Waals surface area contributed by atoms with Crippen LogP contribution in [0.5, 0.6) is 0 Å². The number of nitrogens with zero attached hydrogens (tertiary/aromatic N) is 3. The van der Waals surface area contributed by atoms with Crippen LogP contribution in [0, 0.1) is 30.9 Å². The van der Waals surface area contributed by atoms with Crippen LogP contribution in [0.2, 0.25) is 0 Å². The second-order valence-electron chi connectivity index (χ2n) is 9.57. The smallest absolute Gasteiger partial charge is 0.293 e. The first-order valence-electron chi connectivity index (χ1n) is 12.6. The highest BCUT2D eigenvalue weighted by atomic mass is 32.2. The van der Waals surface area contributed by atoms with Crippen LogP contribution in [0.1, 0.15) is 27.5 Å². The zero-order valence-corrected chi connectivity index (χ0v) is 22.9. The molecule has 5 aromatic rings. The number of nitro benzene ring substituents is 1. The number of benzene rings is 4. The minimum Gasteiger partial charge on any atom is -0.319 e. The number of rotatable bonds is 7. The van der Waals surface area contributed by atoms with Gasteiger partial charge in [0.2, 0.25) is 5.91 Å². The highest BCUT2D eigenvalue weighted by Gasteiger charge is 2.28. The van der Waals surface area contributed by atoms with Gasteiger partial charge in [-0.05, 0) is 73.4 Å². The Morgan fingerprint density at radius 1 is 0.900 bits per heavy atom. The number of carbonyl (C=O) groups excluding carboxylic acids is 1. The van der Waals surface area contributed by atoms with Gasteiger partial charge in [-0.2, -0.15) is 0 Å². The Kier molecular flexibility index (Phi) is 7.48. The molecule has 0 aliphatic rings. The third-order valence-corrected chi connectivity index (χ3v) is 7.59. The van der Waals surface area contributed by atoms with Crippen molar-refractivity contribution in [2.45, 2.75) is 31.2 Å². The number of hydrogen-bond donors (Lipinski definition) is 1. The molecular weight excluding hydrogens is 524 g/mol. The number of para-hydroxylation sites is 1. The lowest BCUT2D eigenvalue weighted by Gasteiger charge is -2.20. The number of aromatic nitrogens is 2. The van der Waals surface area contributed by atoms with Gasteiger partial charge in [0.25, 0.3) is 11.2 Å². The topological polar surface area (TPSA) is 107 Å². The lowest BCUT2D eigenvalue weighted by atomic mass is 10.1. The van der Waals surface area contributed by atoms with Crippen LogP contribution in [0.3, 0.4) is 0 Å². The highest BCUT2D eigenvalue weighted by molar-refractivity contribution is 8.00. The van der Waals surface area contributed by atoms with Crippen LogP contribution >= 0.6 is 11.8 Å². The number of hydrogen-bond acceptors (Lipinski definition) is 6. The van der Waals surface area contributed by atoms with E-state index >= 15 is 0 Å². The Morgan fingerprint density at radius 2 is 1.57 bits per heavy atom. The Bertz CT molecular complexity index is 1800. The Balaban J connectivity index is 1.65. The fourth-order valence-corrected chi connectivity index (χ4v) is 5.72. The van der Waals surface area contributed by atoms with E-state index in [0.717, 1.165) is 22.9 Å². The molecule has 1 heterocycles. The average molecular weight is 551 g/mol. The van der Waals surface area contributed by atoms with Crippen LogP contribution in [0.4, 0.5) is 11.4 Å². The summed E-state index contributed by atoms with van der Waals surface area (Å²) in [5.41, 5.74) is 4.14. The molecule has 8 nitrogen and oxygen atoms in total. The third-order valence-electron chi connectivity index (χ3n) is 6.38. The molecule has 40 heavy (non-hydrogen) atoms. The maximum atomic E-state index is 13.8. The van der Waals surface area contributed by atoms with Crippen molar-refractivity contribution in [2.75, 3.05) is 5.32 Å². The van der Waals surface area contributed by atoms with Crippen LogP contribution in [-0.2, 0) is 4.79 Å². The van der Waals surface area contributed by atoms with E-state index in [2.05, 4.69) is 5.32 Å². The first kappa shape index (κ1) is 26.8. The molecule has 0 saturated carbocycles. The molecule has 0 radical (unpaired) electrons. The molecule has 0 unspecified atom stereocenters. The van der Waals surface area contributed by atoms with Gasteiger partial charge in [-0.3, -0.25) is 24.3 Å². The second kappa shape index (κ2) is 11.2. The fraction of sp³-hybridized carbons (Fsp3) is 0.129. The predicted molar refractivity (Wildman–Crippen MR) is 158 cm³/mol. The quantitative estimate of drug-likeness (QED) is 0.105. The van der Waals surface area contributed by atoms with Crippen LogP contribution in [0.15, 0.2) is 101 Å². The molecule has 1 N–H and O–H groups in total. The Hall–Kier alpha value is -4.76. The van der Waals surface area contributed by atoms with Gasteiger partial charge >= 0.3 is 0 Å². The summed E-state index contributed by atoms with van der Waals surface area (Å²) in [4.78, 5) is 43.7. The monoisotopic (exact) mass is 550 g/mol. The SMILES string of the molecule is Cc1cc(C)cc(-n2c(S[C@@H](C(=O)Nc3ccc(C)cc3[N+](=O)[O-])c3ccccc3)nc3ccccc3c2=O)c1. The summed E-state index contributed by atoms with van der Waals surface area (Å²) < 4.78 is 1.53. The van der Waals surface area contributed by atoms with Gasteiger partial charge in [-0.15, -0.1) is 0 Å². The number of fused-ring (bicyclic) bond motifs is 1. The fourth-order valence-electron chi connectivity index (χ4n) is 4.60. The van der Waals surface area contributed by atoms with Gasteiger partial charge in [0.15, 0.2) is 5.16 Å². The average Bonchev–Trinajstić information content (AvgIpc) is 2.92. The zero-order chi connectivity index (χ0) is 28.4. The number of aryl methyl sites for hydroxylation is 3. The van der Waals surface area contributed by atoms with Gasteiger partial charge in [-0.25, -0.2) is 4.98 Å². The van der Waals surface area contributed by atoms with E-state index in [9.17, 15) is 19.7 Å². The van der Waals surface area contributed by atoms with Crippen LogP contribution in [-0.4, -0.2) is 20.4 Å². The summed E-state index contributed by atoms with van der Waals surface area (Å²) in [6.45, 7) is 5.66. The van der Waals surface area contributed by atoms with Gasteiger partial charge in [0.05, 0.1) is 21.5 Å². The summed E-state index contributed by atoms with van der Waals surface area (Å²) in [6, 6.07) is 26.7. The highest BCUT2D eigenvalue weighted by Crippen LogP contribution is 2.37. The predicted octanol–water partition coefficient (Wildman–Crippen LogP) is 6.69. The summed E-state index contributed by atoms with van der Waals surface area (Å²) >= 11 is 1.12. The molecule has 1 aromatic heterocycles. The molecule has 0 aliphatic heterocycles. The van der Waals surface area contributed by atoms with E-state index < -0.39 is 16.1 Å². The molecule has 9 heteroatoms. The van der Waals surface area contributed by atoms with Crippen molar-refractivity contribution in [3.05, 3.63) is 134 Å². The van der Waals surface area contributed by atoms with Gasteiger partial charge in [-0.1, -0.05) is 66.4 Å². The number of anilines is 1. The molecular formula is C31H26N4O4S. The number of nitro groups is 1. The van der Waals surface area contributed by atoms with Gasteiger partial charge in [0, 0.05) is 6.07 Å². The molecule has 1 atom stereocenters. The molecule has 5 rings (SSSR count). The van der Waals surface area contributed by atoms with Crippen LogP contribution < -0.4 is 10.9 Å². The molecule has 0 spiro atoms. The minimum absolute atomic E-state index is 0.0975. The van der Waals surface area contributed by atoms with Crippen LogP contribution in [0.25, 0.3) is 16.6 Å². The summed E-state index contributed by atoms with van der Waals surface area (Å²) in [6.07, 6.45) is 0. The molecule has 0 saturated heterocycles. The normalized spacial score (nSPS) is 11.8. The molecule has 0 fully saturated rings. The van der Waals surface area contributed by atoms with E-state index in [-0.39, 0.29) is 16.9 Å². The van der Waals surface area contributed by atoms with Crippen molar-refractivity contribution in [2.24, 2.45) is 0 Å². The molecule has 200 valence electrons. The van der Waals surface area contributed by atoms with Gasteiger partial charge in [0.1, 0.15) is 10.9 Å². The lowest BCUT2D eigenvalue weighted by molar-refractivity contribution is -0.384. The Labute approximate surface area is 234 Å². The standard InChI is InChI=1S/C31H26N4O4S/c1-19-13-14-26(27(18-19)35(38)39)32-29(36)28(22-9-5-4-6-10-22)40-31-33-25-12-8-7-11-24(25)30(37)34(31)23-16-20(2)15-21(3)17-23/h4-18,28H,1-3H3,(H,32,36)/t28-/m1/s1. The number of thioether (sulfide) groups is 1. The van der Waals surface area contributed by atoms with Crippen molar-refractivity contribution < 1.29 is 9.72 Å². The third kappa shape index (κ3) is 5.50. The van der Waals surface area contributed by atoms with E-state index in [1.165, 1.54) is 16.7 Å². The van der Waals surface area contributed by atoms with Crippen molar-refractivity contribution in [1.29, 1.82) is 0 Å². The maximum absolute atomic E-state index is 13.8. The summed E-state index contributed by atoms with van der Waals surface area (Å²) in [5.74, 6) is -0.475.